The molecule has 1 nitrogen and oxygen atoms in total. The van der Waals surface area contributed by atoms with Crippen LogP contribution in [0.3, 0.4) is 0 Å². The Kier molecular flexibility index (Phi) is 4.94. The predicted octanol–water partition coefficient (Wildman–Crippen LogP) is 3.59. The molecule has 1 N–H and O–H groups in total. The first-order valence-corrected chi connectivity index (χ1v) is 6.43. The molecule has 1 saturated carbocycles. The van der Waals surface area contributed by atoms with Gasteiger partial charge in [0.2, 0.25) is 0 Å². The second-order valence-electron chi connectivity index (χ2n) is 5.17. The van der Waals surface area contributed by atoms with E-state index in [0.29, 0.717) is 5.41 Å². The molecule has 0 aliphatic heterocycles. The van der Waals surface area contributed by atoms with E-state index in [4.69, 9.17) is 0 Å². The van der Waals surface area contributed by atoms with Crippen molar-refractivity contribution in [3.8, 4) is 0 Å². The Balaban J connectivity index is 2.38. The van der Waals surface area contributed by atoms with Crippen LogP contribution in [0, 0.1) is 11.3 Å². The highest BCUT2D eigenvalue weighted by molar-refractivity contribution is 4.86. The fourth-order valence-electron chi connectivity index (χ4n) is 2.73. The Morgan fingerprint density at radius 2 is 1.86 bits per heavy atom. The van der Waals surface area contributed by atoms with Crippen LogP contribution in [0.4, 0.5) is 0 Å². The van der Waals surface area contributed by atoms with E-state index < -0.39 is 0 Å². The van der Waals surface area contributed by atoms with Crippen molar-refractivity contribution in [1.82, 2.24) is 5.32 Å². The van der Waals surface area contributed by atoms with E-state index in [0.717, 1.165) is 5.92 Å². The second-order valence-corrected chi connectivity index (χ2v) is 5.17. The molecule has 0 bridgehead atoms. The maximum atomic E-state index is 3.60. The SMILES string of the molecule is CCCNCC(C)(CC)C1CCCC1. The topological polar surface area (TPSA) is 12.0 Å². The first-order valence-electron chi connectivity index (χ1n) is 6.43. The van der Waals surface area contributed by atoms with Crippen molar-refractivity contribution < 1.29 is 0 Å². The molecule has 0 saturated heterocycles. The summed E-state index contributed by atoms with van der Waals surface area (Å²) in [6.07, 6.45) is 8.46. The summed E-state index contributed by atoms with van der Waals surface area (Å²) in [5.41, 5.74) is 0.561. The predicted molar refractivity (Wildman–Crippen MR) is 63.5 cm³/mol. The minimum atomic E-state index is 0.561. The van der Waals surface area contributed by atoms with Gasteiger partial charge in [0.25, 0.3) is 0 Å². The van der Waals surface area contributed by atoms with Gasteiger partial charge in [-0.05, 0) is 43.6 Å². The van der Waals surface area contributed by atoms with Crippen molar-refractivity contribution in [3.63, 3.8) is 0 Å². The van der Waals surface area contributed by atoms with E-state index in [2.05, 4.69) is 26.1 Å². The minimum absolute atomic E-state index is 0.561. The molecule has 1 fully saturated rings. The molecule has 0 aromatic heterocycles. The van der Waals surface area contributed by atoms with Crippen LogP contribution in [-0.4, -0.2) is 13.1 Å². The summed E-state index contributed by atoms with van der Waals surface area (Å²) in [5.74, 6) is 0.983. The van der Waals surface area contributed by atoms with Gasteiger partial charge in [0.1, 0.15) is 0 Å². The van der Waals surface area contributed by atoms with Gasteiger partial charge in [0.15, 0.2) is 0 Å². The van der Waals surface area contributed by atoms with Crippen LogP contribution >= 0.6 is 0 Å². The molecule has 1 rings (SSSR count). The fraction of sp³-hybridized carbons (Fsp3) is 1.00. The van der Waals surface area contributed by atoms with Gasteiger partial charge in [-0.2, -0.15) is 0 Å². The highest BCUT2D eigenvalue weighted by Crippen LogP contribution is 2.41. The molecule has 84 valence electrons. The van der Waals surface area contributed by atoms with Crippen LogP contribution in [-0.2, 0) is 0 Å². The Labute approximate surface area is 89.7 Å². The molecule has 1 unspecified atom stereocenters. The molecule has 0 aromatic carbocycles. The molecule has 0 spiro atoms. The fourth-order valence-corrected chi connectivity index (χ4v) is 2.73. The van der Waals surface area contributed by atoms with Gasteiger partial charge in [-0.3, -0.25) is 0 Å². The zero-order valence-electron chi connectivity index (χ0n) is 10.2. The van der Waals surface area contributed by atoms with Crippen molar-refractivity contribution in [2.75, 3.05) is 13.1 Å². The smallest absolute Gasteiger partial charge is 0.000771 e. The first-order chi connectivity index (χ1) is 6.73. The quantitative estimate of drug-likeness (QED) is 0.642. The summed E-state index contributed by atoms with van der Waals surface area (Å²) >= 11 is 0. The molecule has 1 aliphatic carbocycles. The van der Waals surface area contributed by atoms with E-state index in [-0.39, 0.29) is 0 Å². The highest BCUT2D eigenvalue weighted by Gasteiger charge is 2.33. The Morgan fingerprint density at radius 1 is 1.21 bits per heavy atom. The lowest BCUT2D eigenvalue weighted by molar-refractivity contribution is 0.174. The van der Waals surface area contributed by atoms with Gasteiger partial charge < -0.3 is 5.32 Å². The van der Waals surface area contributed by atoms with Crippen molar-refractivity contribution in [2.24, 2.45) is 11.3 Å². The summed E-state index contributed by atoms with van der Waals surface area (Å²) in [5, 5.41) is 3.60. The van der Waals surface area contributed by atoms with Crippen LogP contribution in [0.2, 0.25) is 0 Å². The number of rotatable bonds is 6. The van der Waals surface area contributed by atoms with Crippen molar-refractivity contribution in [1.29, 1.82) is 0 Å². The number of nitrogens with one attached hydrogen (secondary N) is 1. The average molecular weight is 197 g/mol. The van der Waals surface area contributed by atoms with Gasteiger partial charge in [-0.15, -0.1) is 0 Å². The van der Waals surface area contributed by atoms with Crippen LogP contribution in [0.1, 0.15) is 59.3 Å². The van der Waals surface area contributed by atoms with Gasteiger partial charge in [0.05, 0.1) is 0 Å². The summed E-state index contributed by atoms with van der Waals surface area (Å²) in [4.78, 5) is 0. The van der Waals surface area contributed by atoms with Crippen molar-refractivity contribution >= 4 is 0 Å². The van der Waals surface area contributed by atoms with Crippen molar-refractivity contribution in [2.45, 2.75) is 59.3 Å². The third-order valence-corrected chi connectivity index (χ3v) is 4.10. The Hall–Kier alpha value is -0.0400. The van der Waals surface area contributed by atoms with E-state index in [1.807, 2.05) is 0 Å². The molecule has 0 amide bonds. The Bertz CT molecular complexity index is 149. The second kappa shape index (κ2) is 5.75. The van der Waals surface area contributed by atoms with Crippen LogP contribution in [0.25, 0.3) is 0 Å². The zero-order chi connectivity index (χ0) is 10.4. The lowest BCUT2D eigenvalue weighted by Gasteiger charge is -2.35. The molecule has 1 atom stereocenters. The summed E-state index contributed by atoms with van der Waals surface area (Å²) < 4.78 is 0. The molecule has 1 aliphatic rings. The third kappa shape index (κ3) is 2.98. The monoisotopic (exact) mass is 197 g/mol. The minimum Gasteiger partial charge on any atom is -0.316 e. The molecule has 1 heteroatoms. The zero-order valence-corrected chi connectivity index (χ0v) is 10.2. The van der Waals surface area contributed by atoms with Gasteiger partial charge >= 0.3 is 0 Å². The number of hydrogen-bond donors (Lipinski definition) is 1. The Morgan fingerprint density at radius 3 is 2.36 bits per heavy atom. The number of hydrogen-bond acceptors (Lipinski definition) is 1. The standard InChI is InChI=1S/C13H27N/c1-4-10-14-11-13(3,5-2)12-8-6-7-9-12/h12,14H,4-11H2,1-3H3. The lowest BCUT2D eigenvalue weighted by Crippen LogP contribution is -2.37. The molecular weight excluding hydrogens is 170 g/mol. The van der Waals surface area contributed by atoms with E-state index >= 15 is 0 Å². The van der Waals surface area contributed by atoms with E-state index in [1.165, 1.54) is 51.6 Å². The van der Waals surface area contributed by atoms with Crippen LogP contribution in [0.15, 0.2) is 0 Å². The maximum Gasteiger partial charge on any atom is 0.000771 e. The molecule has 0 aromatic rings. The third-order valence-electron chi connectivity index (χ3n) is 4.10. The largest absolute Gasteiger partial charge is 0.316 e. The summed E-state index contributed by atoms with van der Waals surface area (Å²) in [6, 6.07) is 0. The summed E-state index contributed by atoms with van der Waals surface area (Å²) in [6.45, 7) is 9.48. The van der Waals surface area contributed by atoms with Crippen LogP contribution in [0.5, 0.6) is 0 Å². The van der Waals surface area contributed by atoms with Crippen LogP contribution < -0.4 is 5.32 Å². The van der Waals surface area contributed by atoms with Gasteiger partial charge in [-0.1, -0.05) is 33.6 Å². The lowest BCUT2D eigenvalue weighted by atomic mass is 9.74. The maximum absolute atomic E-state index is 3.60. The average Bonchev–Trinajstić information content (AvgIpc) is 2.71. The van der Waals surface area contributed by atoms with Gasteiger partial charge in [0, 0.05) is 6.54 Å². The first kappa shape index (κ1) is 12.0. The van der Waals surface area contributed by atoms with E-state index in [1.54, 1.807) is 0 Å². The molecule has 0 radical (unpaired) electrons. The summed E-state index contributed by atoms with van der Waals surface area (Å²) in [7, 11) is 0. The molecule has 0 heterocycles. The van der Waals surface area contributed by atoms with E-state index in [9.17, 15) is 0 Å². The molecular formula is C13H27N. The molecule has 14 heavy (non-hydrogen) atoms. The van der Waals surface area contributed by atoms with Crippen molar-refractivity contribution in [3.05, 3.63) is 0 Å². The normalized spacial score (nSPS) is 22.5. The van der Waals surface area contributed by atoms with Gasteiger partial charge in [-0.25, -0.2) is 0 Å². The highest BCUT2D eigenvalue weighted by atomic mass is 14.9.